The maximum Gasteiger partial charge on any atom is 0.416 e. The van der Waals surface area contributed by atoms with E-state index in [4.69, 9.17) is 0 Å². The molecule has 3 rings (SSSR count). The molecule has 0 N–H and O–H groups in total. The van der Waals surface area contributed by atoms with Gasteiger partial charge in [-0.1, -0.05) is 29.5 Å². The van der Waals surface area contributed by atoms with Gasteiger partial charge in [0, 0.05) is 12.1 Å². The Balaban J connectivity index is 2.15. The number of alkyl halides is 3. The van der Waals surface area contributed by atoms with Gasteiger partial charge < -0.3 is 4.57 Å². The van der Waals surface area contributed by atoms with Gasteiger partial charge in [-0.3, -0.25) is 4.79 Å². The number of hydrogen-bond acceptors (Lipinski definition) is 2. The maximum absolute atomic E-state index is 12.9. The number of halogens is 3. The van der Waals surface area contributed by atoms with Gasteiger partial charge in [0.25, 0.3) is 5.91 Å². The van der Waals surface area contributed by atoms with Gasteiger partial charge in [0.2, 0.25) is 0 Å². The average Bonchev–Trinajstić information content (AvgIpc) is 2.97. The van der Waals surface area contributed by atoms with Crippen LogP contribution in [0.1, 0.15) is 34.0 Å². The number of hydrogen-bond donors (Lipinski definition) is 0. The van der Waals surface area contributed by atoms with Crippen molar-refractivity contribution in [3.8, 4) is 0 Å². The van der Waals surface area contributed by atoms with Crippen LogP contribution >= 0.6 is 11.3 Å². The number of nitrogens with zero attached hydrogens (tertiary/aromatic N) is 2. The number of benzene rings is 2. The highest BCUT2D eigenvalue weighted by Crippen LogP contribution is 2.30. The molecule has 0 radical (unpaired) electrons. The molecule has 0 saturated carbocycles. The second-order valence-electron chi connectivity index (χ2n) is 6.00. The lowest BCUT2D eigenvalue weighted by Gasteiger charge is -2.07. The van der Waals surface area contributed by atoms with Crippen LogP contribution in [0.5, 0.6) is 0 Å². The smallest absolute Gasteiger partial charge is 0.316 e. The van der Waals surface area contributed by atoms with Crippen molar-refractivity contribution in [1.82, 2.24) is 4.57 Å². The first-order chi connectivity index (χ1) is 12.2. The van der Waals surface area contributed by atoms with Crippen molar-refractivity contribution < 1.29 is 18.0 Å². The molecule has 0 saturated heterocycles. The highest BCUT2D eigenvalue weighted by Gasteiger charge is 2.30. The topological polar surface area (TPSA) is 34.4 Å². The second kappa shape index (κ2) is 6.72. The quantitative estimate of drug-likeness (QED) is 0.611. The largest absolute Gasteiger partial charge is 0.416 e. The van der Waals surface area contributed by atoms with Crippen LogP contribution in [0.2, 0.25) is 0 Å². The number of aromatic nitrogens is 1. The molecule has 0 aliphatic rings. The summed E-state index contributed by atoms with van der Waals surface area (Å²) in [5.74, 6) is -0.680. The van der Waals surface area contributed by atoms with Crippen molar-refractivity contribution in [3.63, 3.8) is 0 Å². The number of carbonyl (C=O) groups is 1. The Morgan fingerprint density at radius 3 is 2.50 bits per heavy atom. The summed E-state index contributed by atoms with van der Waals surface area (Å²) in [6.45, 7) is 6.52. The Morgan fingerprint density at radius 1 is 1.15 bits per heavy atom. The Hall–Kier alpha value is -2.41. The van der Waals surface area contributed by atoms with Crippen molar-refractivity contribution in [3.05, 3.63) is 63.5 Å². The Morgan fingerprint density at radius 2 is 1.85 bits per heavy atom. The highest BCUT2D eigenvalue weighted by molar-refractivity contribution is 7.16. The van der Waals surface area contributed by atoms with Gasteiger partial charge in [0.15, 0.2) is 4.80 Å². The molecule has 2 aromatic carbocycles. The molecule has 3 aromatic rings. The van der Waals surface area contributed by atoms with E-state index < -0.39 is 17.6 Å². The van der Waals surface area contributed by atoms with E-state index in [0.717, 1.165) is 33.5 Å². The molecule has 1 aromatic heterocycles. The van der Waals surface area contributed by atoms with Crippen LogP contribution in [0.3, 0.4) is 0 Å². The molecule has 0 spiro atoms. The van der Waals surface area contributed by atoms with Crippen LogP contribution < -0.4 is 4.80 Å². The predicted molar refractivity (Wildman–Crippen MR) is 96.3 cm³/mol. The van der Waals surface area contributed by atoms with Crippen molar-refractivity contribution in [2.24, 2.45) is 4.99 Å². The van der Waals surface area contributed by atoms with Crippen molar-refractivity contribution in [2.45, 2.75) is 33.5 Å². The van der Waals surface area contributed by atoms with E-state index >= 15 is 0 Å². The first-order valence-corrected chi connectivity index (χ1v) is 8.90. The van der Waals surface area contributed by atoms with Crippen molar-refractivity contribution >= 4 is 27.5 Å². The fraction of sp³-hybridized carbons (Fsp3) is 0.263. The van der Waals surface area contributed by atoms with Gasteiger partial charge in [0.1, 0.15) is 0 Å². The number of aryl methyl sites for hydroxylation is 3. The zero-order chi connectivity index (χ0) is 19.1. The van der Waals surface area contributed by atoms with Crippen molar-refractivity contribution in [2.75, 3.05) is 0 Å². The van der Waals surface area contributed by atoms with E-state index in [9.17, 15) is 18.0 Å². The number of carbonyl (C=O) groups excluding carboxylic acids is 1. The van der Waals surface area contributed by atoms with E-state index in [1.807, 2.05) is 37.5 Å². The SMILES string of the molecule is CCn1c(=NC(=O)c2cccc(C(F)(F)F)c2)sc2c(C)ccc(C)c21. The summed E-state index contributed by atoms with van der Waals surface area (Å²) in [5.41, 5.74) is 2.22. The van der Waals surface area contributed by atoms with Crippen LogP contribution in [-0.4, -0.2) is 10.5 Å². The summed E-state index contributed by atoms with van der Waals surface area (Å²) < 4.78 is 41.5. The Bertz CT molecular complexity index is 1060. The molecule has 0 unspecified atom stereocenters. The molecule has 1 heterocycles. The van der Waals surface area contributed by atoms with Crippen molar-refractivity contribution in [1.29, 1.82) is 0 Å². The van der Waals surface area contributed by atoms with Crippen LogP contribution in [-0.2, 0) is 12.7 Å². The van der Waals surface area contributed by atoms with Crippen LogP contribution in [0.4, 0.5) is 13.2 Å². The predicted octanol–water partition coefficient (Wildman–Crippen LogP) is 5.10. The van der Waals surface area contributed by atoms with Crippen LogP contribution in [0.25, 0.3) is 10.2 Å². The zero-order valence-electron chi connectivity index (χ0n) is 14.5. The molecule has 0 bridgehead atoms. The first-order valence-electron chi connectivity index (χ1n) is 8.08. The molecule has 0 aliphatic carbocycles. The van der Waals surface area contributed by atoms with E-state index in [2.05, 4.69) is 4.99 Å². The minimum absolute atomic E-state index is 0.0756. The lowest BCUT2D eigenvalue weighted by Crippen LogP contribution is -2.16. The van der Waals surface area contributed by atoms with Gasteiger partial charge in [-0.2, -0.15) is 18.2 Å². The number of rotatable bonds is 2. The van der Waals surface area contributed by atoms with Gasteiger partial charge in [-0.05, 0) is 50.1 Å². The third-order valence-corrected chi connectivity index (χ3v) is 5.39. The van der Waals surface area contributed by atoms with Crippen LogP contribution in [0, 0.1) is 13.8 Å². The molecule has 26 heavy (non-hydrogen) atoms. The van der Waals surface area contributed by atoms with E-state index in [1.165, 1.54) is 23.5 Å². The highest BCUT2D eigenvalue weighted by atomic mass is 32.1. The van der Waals surface area contributed by atoms with E-state index in [-0.39, 0.29) is 5.56 Å². The summed E-state index contributed by atoms with van der Waals surface area (Å²) in [6.07, 6.45) is -4.49. The summed E-state index contributed by atoms with van der Waals surface area (Å²) in [5, 5.41) is 0. The molecule has 1 amide bonds. The maximum atomic E-state index is 12.9. The standard InChI is InChI=1S/C19H17F3N2OS/c1-4-24-15-11(2)8-9-12(3)16(15)26-18(24)23-17(25)13-6-5-7-14(10-13)19(20,21)22/h5-10H,4H2,1-3H3. The molecule has 0 atom stereocenters. The zero-order valence-corrected chi connectivity index (χ0v) is 15.3. The average molecular weight is 378 g/mol. The van der Waals surface area contributed by atoms with Gasteiger partial charge >= 0.3 is 6.18 Å². The fourth-order valence-electron chi connectivity index (χ4n) is 2.83. The summed E-state index contributed by atoms with van der Waals surface area (Å²) in [6, 6.07) is 8.36. The number of amides is 1. The fourth-order valence-corrected chi connectivity index (χ4v) is 4.07. The summed E-state index contributed by atoms with van der Waals surface area (Å²) in [4.78, 5) is 17.1. The molecule has 136 valence electrons. The molecular formula is C19H17F3N2OS. The third-order valence-electron chi connectivity index (χ3n) is 4.17. The normalized spacial score (nSPS) is 12.8. The van der Waals surface area contributed by atoms with E-state index in [1.54, 1.807) is 0 Å². The third kappa shape index (κ3) is 3.31. The molecule has 0 fully saturated rings. The minimum Gasteiger partial charge on any atom is -0.316 e. The second-order valence-corrected chi connectivity index (χ2v) is 6.98. The Kier molecular flexibility index (Phi) is 4.75. The molecule has 0 aliphatic heterocycles. The molecular weight excluding hydrogens is 361 g/mol. The lowest BCUT2D eigenvalue weighted by molar-refractivity contribution is -0.137. The van der Waals surface area contributed by atoms with Gasteiger partial charge in [-0.25, -0.2) is 0 Å². The minimum atomic E-state index is -4.49. The summed E-state index contributed by atoms with van der Waals surface area (Å²) >= 11 is 1.38. The first kappa shape index (κ1) is 18.4. The number of fused-ring (bicyclic) bond motifs is 1. The Labute approximate surface area is 152 Å². The summed E-state index contributed by atoms with van der Waals surface area (Å²) in [7, 11) is 0. The van der Waals surface area contributed by atoms with Crippen LogP contribution in [0.15, 0.2) is 41.4 Å². The van der Waals surface area contributed by atoms with Gasteiger partial charge in [0.05, 0.1) is 15.8 Å². The molecule has 3 nitrogen and oxygen atoms in total. The lowest BCUT2D eigenvalue weighted by atomic mass is 10.1. The van der Waals surface area contributed by atoms with E-state index in [0.29, 0.717) is 11.3 Å². The van der Waals surface area contributed by atoms with Gasteiger partial charge in [-0.15, -0.1) is 0 Å². The molecule has 7 heteroatoms. The monoisotopic (exact) mass is 378 g/mol. The number of thiazole rings is 1.